The Balaban J connectivity index is 2.14. The van der Waals surface area contributed by atoms with Crippen LogP contribution in [0.2, 0.25) is 0 Å². The Kier molecular flexibility index (Phi) is 5.94. The second-order valence-electron chi connectivity index (χ2n) is 4.86. The molecule has 0 aliphatic carbocycles. The molecule has 0 radical (unpaired) electrons. The van der Waals surface area contributed by atoms with Crippen LogP contribution in [0.3, 0.4) is 0 Å². The second-order valence-corrected chi connectivity index (χ2v) is 4.86. The molecule has 0 aliphatic rings. The first-order valence-corrected chi connectivity index (χ1v) is 7.18. The first-order chi connectivity index (χ1) is 10.7. The van der Waals surface area contributed by atoms with E-state index in [2.05, 4.69) is 5.32 Å². The maximum absolute atomic E-state index is 12.6. The molecule has 116 valence electrons. The highest BCUT2D eigenvalue weighted by Crippen LogP contribution is 2.18. The molecule has 0 saturated heterocycles. The summed E-state index contributed by atoms with van der Waals surface area (Å²) in [5.41, 5.74) is 1.58. The number of methoxy groups -OCH3 is 1. The van der Waals surface area contributed by atoms with Crippen molar-refractivity contribution in [1.82, 2.24) is 0 Å². The Morgan fingerprint density at radius 2 is 2.00 bits per heavy atom. The van der Waals surface area contributed by atoms with Crippen molar-refractivity contribution < 1.29 is 20.0 Å². The Bertz CT molecular complexity index is 602. The van der Waals surface area contributed by atoms with E-state index in [0.29, 0.717) is 18.0 Å². The highest BCUT2D eigenvalue weighted by Gasteiger charge is 2.23. The first kappa shape index (κ1) is 16.0. The number of aliphatic hydroxyl groups excluding tert-OH is 1. The molecule has 0 saturated carbocycles. The molecule has 5 nitrogen and oxygen atoms in total. The molecule has 1 atom stereocenters. The van der Waals surface area contributed by atoms with Crippen molar-refractivity contribution in [2.75, 3.05) is 25.6 Å². The molecule has 4 N–H and O–H groups in total. The van der Waals surface area contributed by atoms with Crippen molar-refractivity contribution in [3.63, 3.8) is 0 Å². The minimum Gasteiger partial charge on any atom is -0.497 e. The molecule has 1 amide bonds. The summed E-state index contributed by atoms with van der Waals surface area (Å²) in [5.74, 6) is 0.557. The van der Waals surface area contributed by atoms with E-state index < -0.39 is 6.04 Å². The number of anilines is 1. The third kappa shape index (κ3) is 4.31. The van der Waals surface area contributed by atoms with Gasteiger partial charge in [-0.3, -0.25) is 4.79 Å². The van der Waals surface area contributed by atoms with Crippen LogP contribution in [0.1, 0.15) is 11.6 Å². The average molecular weight is 301 g/mol. The fourth-order valence-corrected chi connectivity index (χ4v) is 2.22. The maximum Gasteiger partial charge on any atom is 0.287 e. The zero-order valence-electron chi connectivity index (χ0n) is 12.5. The van der Waals surface area contributed by atoms with Gasteiger partial charge in [-0.2, -0.15) is 0 Å². The lowest BCUT2D eigenvalue weighted by Crippen LogP contribution is -2.88. The molecular weight excluding hydrogens is 280 g/mol. The van der Waals surface area contributed by atoms with Gasteiger partial charge in [0, 0.05) is 17.3 Å². The van der Waals surface area contributed by atoms with E-state index in [1.807, 2.05) is 53.8 Å². The average Bonchev–Trinajstić information content (AvgIpc) is 2.56. The Morgan fingerprint density at radius 1 is 1.23 bits per heavy atom. The summed E-state index contributed by atoms with van der Waals surface area (Å²) in [4.78, 5) is 12.6. The molecule has 5 heteroatoms. The molecule has 2 aromatic carbocycles. The van der Waals surface area contributed by atoms with E-state index in [1.165, 1.54) is 0 Å². The van der Waals surface area contributed by atoms with Gasteiger partial charge in [0.25, 0.3) is 5.91 Å². The van der Waals surface area contributed by atoms with Gasteiger partial charge < -0.3 is 20.5 Å². The quantitative estimate of drug-likeness (QED) is 0.712. The molecule has 0 fully saturated rings. The molecule has 22 heavy (non-hydrogen) atoms. The summed E-state index contributed by atoms with van der Waals surface area (Å²) in [5, 5.41) is 13.7. The van der Waals surface area contributed by atoms with Crippen molar-refractivity contribution in [3.05, 3.63) is 60.2 Å². The molecule has 2 aromatic rings. The number of rotatable bonds is 7. The van der Waals surface area contributed by atoms with Gasteiger partial charge in [0.15, 0.2) is 6.04 Å². The van der Waals surface area contributed by atoms with Crippen LogP contribution in [-0.2, 0) is 4.79 Å². The van der Waals surface area contributed by atoms with Crippen LogP contribution in [0, 0.1) is 0 Å². The van der Waals surface area contributed by atoms with Crippen LogP contribution in [0.5, 0.6) is 5.75 Å². The number of hydrogen-bond donors (Lipinski definition) is 3. The van der Waals surface area contributed by atoms with E-state index in [9.17, 15) is 4.79 Å². The highest BCUT2D eigenvalue weighted by atomic mass is 16.5. The third-order valence-corrected chi connectivity index (χ3v) is 3.31. The van der Waals surface area contributed by atoms with E-state index in [-0.39, 0.29) is 12.5 Å². The van der Waals surface area contributed by atoms with Crippen molar-refractivity contribution in [2.45, 2.75) is 6.04 Å². The molecule has 0 heterocycles. The summed E-state index contributed by atoms with van der Waals surface area (Å²) in [7, 11) is 1.59. The summed E-state index contributed by atoms with van der Waals surface area (Å²) in [6.45, 7) is 0.487. The second kappa shape index (κ2) is 8.17. The van der Waals surface area contributed by atoms with Gasteiger partial charge in [-0.1, -0.05) is 36.4 Å². The number of quaternary nitrogens is 1. The van der Waals surface area contributed by atoms with Gasteiger partial charge in [-0.15, -0.1) is 0 Å². The number of nitrogens with two attached hydrogens (primary N) is 1. The summed E-state index contributed by atoms with van der Waals surface area (Å²) >= 11 is 0. The van der Waals surface area contributed by atoms with Crippen LogP contribution >= 0.6 is 0 Å². The molecule has 0 aliphatic heterocycles. The molecule has 0 aromatic heterocycles. The Labute approximate surface area is 129 Å². The van der Waals surface area contributed by atoms with Gasteiger partial charge in [0.1, 0.15) is 5.75 Å². The van der Waals surface area contributed by atoms with E-state index in [1.54, 1.807) is 13.2 Å². The maximum atomic E-state index is 12.6. The van der Waals surface area contributed by atoms with Crippen molar-refractivity contribution in [3.8, 4) is 5.75 Å². The molecule has 0 bridgehead atoms. The molecular formula is C17H21N2O3+. The minimum absolute atomic E-state index is 0.0236. The number of hydrogen-bond acceptors (Lipinski definition) is 3. The number of carbonyl (C=O) groups excluding carboxylic acids is 1. The largest absolute Gasteiger partial charge is 0.497 e. The van der Waals surface area contributed by atoms with Gasteiger partial charge in [-0.05, 0) is 12.1 Å². The van der Waals surface area contributed by atoms with E-state index >= 15 is 0 Å². The smallest absolute Gasteiger partial charge is 0.287 e. The fourth-order valence-electron chi connectivity index (χ4n) is 2.22. The lowest BCUT2D eigenvalue weighted by Gasteiger charge is -2.15. The Hall–Kier alpha value is -2.37. The van der Waals surface area contributed by atoms with Crippen LogP contribution in [0.15, 0.2) is 54.6 Å². The number of carbonyl (C=O) groups is 1. The zero-order chi connectivity index (χ0) is 15.8. The summed E-state index contributed by atoms with van der Waals surface area (Å²) < 4.78 is 5.15. The lowest BCUT2D eigenvalue weighted by molar-refractivity contribution is -0.683. The van der Waals surface area contributed by atoms with Crippen LogP contribution < -0.4 is 15.4 Å². The van der Waals surface area contributed by atoms with Crippen molar-refractivity contribution in [2.24, 2.45) is 0 Å². The normalized spacial score (nSPS) is 11.7. The number of ether oxygens (including phenoxy) is 1. The van der Waals surface area contributed by atoms with Crippen LogP contribution in [-0.4, -0.2) is 31.3 Å². The zero-order valence-corrected chi connectivity index (χ0v) is 12.5. The predicted molar refractivity (Wildman–Crippen MR) is 84.7 cm³/mol. The van der Waals surface area contributed by atoms with E-state index in [0.717, 1.165) is 5.56 Å². The van der Waals surface area contributed by atoms with Crippen LogP contribution in [0.4, 0.5) is 5.69 Å². The number of aliphatic hydroxyl groups is 1. The lowest BCUT2D eigenvalue weighted by atomic mass is 10.1. The predicted octanol–water partition coefficient (Wildman–Crippen LogP) is 0.931. The van der Waals surface area contributed by atoms with Gasteiger partial charge in [0.05, 0.1) is 20.3 Å². The number of benzene rings is 2. The van der Waals surface area contributed by atoms with Gasteiger partial charge >= 0.3 is 0 Å². The summed E-state index contributed by atoms with van der Waals surface area (Å²) in [6.07, 6.45) is 0. The highest BCUT2D eigenvalue weighted by molar-refractivity contribution is 5.94. The number of nitrogens with one attached hydrogen (secondary N) is 1. The Morgan fingerprint density at radius 3 is 2.68 bits per heavy atom. The van der Waals surface area contributed by atoms with Gasteiger partial charge in [-0.25, -0.2) is 0 Å². The van der Waals surface area contributed by atoms with Crippen molar-refractivity contribution in [1.29, 1.82) is 0 Å². The van der Waals surface area contributed by atoms with E-state index in [4.69, 9.17) is 9.84 Å². The monoisotopic (exact) mass is 301 g/mol. The standard InChI is InChI=1S/C17H20N2O3/c1-22-15-9-5-8-14(12-15)19-17(21)16(18-10-11-20)13-6-3-2-4-7-13/h2-9,12,16,18,20H,10-11H2,1H3,(H,19,21)/p+1/t16-/m1/s1. The third-order valence-electron chi connectivity index (χ3n) is 3.31. The van der Waals surface area contributed by atoms with Gasteiger partial charge in [0.2, 0.25) is 0 Å². The molecule has 0 unspecified atom stereocenters. The minimum atomic E-state index is -0.403. The summed E-state index contributed by atoms with van der Waals surface area (Å²) in [6, 6.07) is 16.3. The molecule has 2 rings (SSSR count). The van der Waals surface area contributed by atoms with Crippen LogP contribution in [0.25, 0.3) is 0 Å². The number of amides is 1. The fraction of sp³-hybridized carbons (Fsp3) is 0.235. The molecule has 0 spiro atoms. The first-order valence-electron chi connectivity index (χ1n) is 7.18. The SMILES string of the molecule is COc1cccc(NC(=O)[C@H]([NH2+]CCO)c2ccccc2)c1. The van der Waals surface area contributed by atoms with Crippen molar-refractivity contribution >= 4 is 11.6 Å². The topological polar surface area (TPSA) is 75.2 Å².